The smallest absolute Gasteiger partial charge is 0.373 e. The number of nitrogens with one attached hydrogen (secondary N) is 3. The summed E-state index contributed by atoms with van der Waals surface area (Å²) in [5.74, 6) is 0.894. The first-order chi connectivity index (χ1) is 13.5. The van der Waals surface area contributed by atoms with Crippen molar-refractivity contribution in [2.45, 2.75) is 51.4 Å². The zero-order valence-electron chi connectivity index (χ0n) is 16.9. The molecule has 0 bridgehead atoms. The summed E-state index contributed by atoms with van der Waals surface area (Å²) in [6.07, 6.45) is 6.53. The van der Waals surface area contributed by atoms with E-state index in [1.165, 1.54) is 12.8 Å². The van der Waals surface area contributed by atoms with E-state index in [0.29, 0.717) is 18.4 Å². The van der Waals surface area contributed by atoms with Gasteiger partial charge in [0.05, 0.1) is 6.04 Å². The Morgan fingerprint density at radius 3 is 2.79 bits per heavy atom. The molecule has 1 aromatic carbocycles. The number of aromatic amines is 1. The van der Waals surface area contributed by atoms with Gasteiger partial charge in [-0.25, -0.2) is 0 Å². The Morgan fingerprint density at radius 1 is 1.32 bits per heavy atom. The largest absolute Gasteiger partial charge is 0.437 e. The molecule has 0 saturated heterocycles. The number of amides is 1. The van der Waals surface area contributed by atoms with E-state index in [1.54, 1.807) is 6.82 Å². The van der Waals surface area contributed by atoms with Gasteiger partial charge in [0.1, 0.15) is 0 Å². The van der Waals surface area contributed by atoms with Crippen molar-refractivity contribution in [1.29, 1.82) is 0 Å². The van der Waals surface area contributed by atoms with Crippen LogP contribution >= 0.6 is 0 Å². The molecular formula is C21H33BN4O2. The lowest BCUT2D eigenvalue weighted by Gasteiger charge is -2.30. The van der Waals surface area contributed by atoms with Crippen LogP contribution in [0, 0.1) is 11.8 Å². The maximum absolute atomic E-state index is 12.7. The highest BCUT2D eigenvalue weighted by atomic mass is 16.2. The molecule has 1 fully saturated rings. The fourth-order valence-electron chi connectivity index (χ4n) is 4.36. The average Bonchev–Trinajstić information content (AvgIpc) is 3.14. The van der Waals surface area contributed by atoms with Gasteiger partial charge in [-0.2, -0.15) is 0 Å². The van der Waals surface area contributed by atoms with Crippen LogP contribution in [0.1, 0.15) is 44.1 Å². The molecule has 0 aliphatic heterocycles. The number of hydrogen-bond acceptors (Lipinski definition) is 4. The summed E-state index contributed by atoms with van der Waals surface area (Å²) >= 11 is 0. The molecule has 1 aromatic heterocycles. The van der Waals surface area contributed by atoms with Crippen LogP contribution in [0.3, 0.4) is 0 Å². The fraction of sp³-hybridized carbons (Fsp3) is 0.571. The lowest BCUT2D eigenvalue weighted by atomic mass is 9.79. The SMILES string of the molecule is CB(O)NC[C@H]1CCC[C@@H](CNC(=O)[C@H](N)[C@@H](C)c2c[nH]c3ccccc23)C1. The Morgan fingerprint density at radius 2 is 2.04 bits per heavy atom. The fourth-order valence-corrected chi connectivity index (χ4v) is 4.36. The minimum atomic E-state index is -0.574. The second-order valence-electron chi connectivity index (χ2n) is 8.33. The highest BCUT2D eigenvalue weighted by molar-refractivity contribution is 6.45. The number of carbonyl (C=O) groups excluding carboxylic acids is 1. The first-order valence-corrected chi connectivity index (χ1v) is 10.5. The van der Waals surface area contributed by atoms with E-state index in [9.17, 15) is 9.82 Å². The van der Waals surface area contributed by atoms with Crippen molar-refractivity contribution in [3.63, 3.8) is 0 Å². The highest BCUT2D eigenvalue weighted by Gasteiger charge is 2.27. The van der Waals surface area contributed by atoms with Gasteiger partial charge in [0.2, 0.25) is 5.91 Å². The molecule has 0 radical (unpaired) electrons. The third-order valence-electron chi connectivity index (χ3n) is 6.11. The zero-order chi connectivity index (χ0) is 20.1. The molecule has 6 nitrogen and oxygen atoms in total. The molecule has 1 saturated carbocycles. The Balaban J connectivity index is 1.51. The van der Waals surface area contributed by atoms with Crippen LogP contribution in [-0.4, -0.2) is 42.1 Å². The lowest BCUT2D eigenvalue weighted by Crippen LogP contribution is -2.46. The molecule has 0 spiro atoms. The van der Waals surface area contributed by atoms with Gasteiger partial charge >= 0.3 is 7.05 Å². The minimum absolute atomic E-state index is 0.0644. The number of benzene rings is 1. The number of nitrogens with two attached hydrogens (primary N) is 1. The summed E-state index contributed by atoms with van der Waals surface area (Å²) in [4.78, 5) is 15.9. The number of hydrogen-bond donors (Lipinski definition) is 5. The lowest BCUT2D eigenvalue weighted by molar-refractivity contribution is -0.123. The topological polar surface area (TPSA) is 103 Å². The predicted octanol–water partition coefficient (Wildman–Crippen LogP) is 2.22. The van der Waals surface area contributed by atoms with Crippen molar-refractivity contribution in [2.24, 2.45) is 17.6 Å². The number of aromatic nitrogens is 1. The summed E-state index contributed by atoms with van der Waals surface area (Å²) in [6.45, 7) is 5.27. The first-order valence-electron chi connectivity index (χ1n) is 10.5. The van der Waals surface area contributed by atoms with E-state index in [4.69, 9.17) is 5.73 Å². The number of rotatable bonds is 8. The van der Waals surface area contributed by atoms with Gasteiger partial charge in [-0.05, 0) is 56.1 Å². The molecule has 3 rings (SSSR count). The third kappa shape index (κ3) is 5.16. The van der Waals surface area contributed by atoms with Crippen molar-refractivity contribution >= 4 is 23.9 Å². The molecule has 4 atom stereocenters. The molecule has 1 amide bonds. The maximum atomic E-state index is 12.7. The Kier molecular flexibility index (Phi) is 7.16. The van der Waals surface area contributed by atoms with E-state index in [2.05, 4.69) is 21.6 Å². The quantitative estimate of drug-likeness (QED) is 0.450. The molecule has 2 aromatic rings. The van der Waals surface area contributed by atoms with Crippen molar-refractivity contribution in [2.75, 3.05) is 13.1 Å². The molecule has 7 heteroatoms. The van der Waals surface area contributed by atoms with Gasteiger partial charge in [-0.3, -0.25) is 4.79 Å². The number of fused-ring (bicyclic) bond motifs is 1. The van der Waals surface area contributed by atoms with Crippen LogP contribution in [0.25, 0.3) is 10.9 Å². The zero-order valence-corrected chi connectivity index (χ0v) is 16.9. The van der Waals surface area contributed by atoms with Crippen molar-refractivity contribution in [3.05, 3.63) is 36.0 Å². The molecule has 1 heterocycles. The van der Waals surface area contributed by atoms with Crippen LogP contribution in [0.5, 0.6) is 0 Å². The van der Waals surface area contributed by atoms with E-state index in [-0.39, 0.29) is 11.8 Å². The van der Waals surface area contributed by atoms with Crippen molar-refractivity contribution < 1.29 is 9.82 Å². The molecule has 6 N–H and O–H groups in total. The highest BCUT2D eigenvalue weighted by Crippen LogP contribution is 2.29. The summed E-state index contributed by atoms with van der Waals surface area (Å²) in [6, 6.07) is 7.52. The summed E-state index contributed by atoms with van der Waals surface area (Å²) in [5.41, 5.74) is 8.45. The van der Waals surface area contributed by atoms with Gasteiger partial charge in [0.15, 0.2) is 0 Å². The van der Waals surface area contributed by atoms with Gasteiger partial charge in [-0.15, -0.1) is 0 Å². The Labute approximate surface area is 167 Å². The predicted molar refractivity (Wildman–Crippen MR) is 115 cm³/mol. The first kappa shape index (κ1) is 20.9. The van der Waals surface area contributed by atoms with Crippen LogP contribution in [-0.2, 0) is 4.79 Å². The molecule has 152 valence electrons. The molecule has 1 aliphatic carbocycles. The van der Waals surface area contributed by atoms with E-state index in [0.717, 1.165) is 35.9 Å². The standard InChI is InChI=1S/C21H33BN4O2/c1-14(18-13-24-19-9-4-3-8-17(18)19)20(23)21(27)25-11-15-6-5-7-16(10-15)12-26-22(2)28/h3-4,8-9,13-16,20,24,26,28H,5-7,10-12,23H2,1-2H3,(H,25,27)/t14-,15+,16-,20+/m0/s1. The van der Waals surface area contributed by atoms with Crippen LogP contribution in [0.15, 0.2) is 30.5 Å². The molecule has 1 aliphatic rings. The number of H-pyrrole nitrogens is 1. The number of carbonyl (C=O) groups is 1. The minimum Gasteiger partial charge on any atom is -0.437 e. The third-order valence-corrected chi connectivity index (χ3v) is 6.11. The van der Waals surface area contributed by atoms with Crippen molar-refractivity contribution in [3.8, 4) is 0 Å². The average molecular weight is 384 g/mol. The van der Waals surface area contributed by atoms with Crippen LogP contribution < -0.4 is 16.3 Å². The molecular weight excluding hydrogens is 351 g/mol. The normalized spacial score (nSPS) is 22.0. The van der Waals surface area contributed by atoms with E-state index < -0.39 is 13.1 Å². The van der Waals surface area contributed by atoms with Crippen LogP contribution in [0.2, 0.25) is 6.82 Å². The Bertz CT molecular complexity index is 779. The van der Waals surface area contributed by atoms with Crippen molar-refractivity contribution in [1.82, 2.24) is 15.5 Å². The molecule has 28 heavy (non-hydrogen) atoms. The van der Waals surface area contributed by atoms with Gasteiger partial charge in [0.25, 0.3) is 0 Å². The monoisotopic (exact) mass is 384 g/mol. The second kappa shape index (κ2) is 9.59. The van der Waals surface area contributed by atoms with E-state index >= 15 is 0 Å². The van der Waals surface area contributed by atoms with E-state index in [1.807, 2.05) is 31.3 Å². The summed E-state index contributed by atoms with van der Waals surface area (Å²) in [7, 11) is -0.468. The summed E-state index contributed by atoms with van der Waals surface area (Å²) < 4.78 is 0. The second-order valence-corrected chi connectivity index (χ2v) is 8.33. The van der Waals surface area contributed by atoms with Gasteiger partial charge in [-0.1, -0.05) is 31.5 Å². The Hall–Kier alpha value is -1.83. The number of para-hydroxylation sites is 1. The maximum Gasteiger partial charge on any atom is 0.373 e. The van der Waals surface area contributed by atoms with Gasteiger partial charge < -0.3 is 26.3 Å². The molecule has 0 unspecified atom stereocenters. The summed E-state index contributed by atoms with van der Waals surface area (Å²) in [5, 5.41) is 16.7. The van der Waals surface area contributed by atoms with Crippen LogP contribution in [0.4, 0.5) is 0 Å². The van der Waals surface area contributed by atoms with Gasteiger partial charge in [0, 0.05) is 29.6 Å².